The van der Waals surface area contributed by atoms with Gasteiger partial charge in [-0.3, -0.25) is 0 Å². The molecule has 5 nitrogen and oxygen atoms in total. The number of nitrogens with zero attached hydrogens (tertiary/aromatic N) is 4. The highest BCUT2D eigenvalue weighted by Crippen LogP contribution is 2.35. The van der Waals surface area contributed by atoms with Crippen molar-refractivity contribution in [2.75, 3.05) is 7.11 Å². The van der Waals surface area contributed by atoms with Gasteiger partial charge in [0.15, 0.2) is 10.8 Å². The van der Waals surface area contributed by atoms with Gasteiger partial charge in [-0.1, -0.05) is 35.1 Å². The molecule has 0 aliphatic heterocycles. The Labute approximate surface area is 145 Å². The maximum Gasteiger partial charge on any atom is 0.235 e. The van der Waals surface area contributed by atoms with Gasteiger partial charge in [-0.05, 0) is 30.3 Å². The molecule has 0 N–H and O–H groups in total. The molecule has 0 aliphatic carbocycles. The molecule has 24 heavy (non-hydrogen) atoms. The molecule has 2 aromatic heterocycles. The fourth-order valence-electron chi connectivity index (χ4n) is 2.38. The zero-order valence-electron chi connectivity index (χ0n) is 12.4. The van der Waals surface area contributed by atoms with E-state index in [-0.39, 0.29) is 5.82 Å². The fourth-order valence-corrected chi connectivity index (χ4v) is 3.41. The first kappa shape index (κ1) is 15.0. The molecule has 0 saturated heterocycles. The van der Waals surface area contributed by atoms with Crippen molar-refractivity contribution in [1.82, 2.24) is 19.8 Å². The predicted molar refractivity (Wildman–Crippen MR) is 91.1 cm³/mol. The Bertz CT molecular complexity index is 1050. The molecule has 0 fully saturated rings. The predicted octanol–water partition coefficient (Wildman–Crippen LogP) is 4.32. The van der Waals surface area contributed by atoms with Crippen LogP contribution in [-0.4, -0.2) is 26.9 Å². The van der Waals surface area contributed by atoms with Crippen molar-refractivity contribution < 1.29 is 9.13 Å². The van der Waals surface area contributed by atoms with Crippen LogP contribution in [0.1, 0.15) is 0 Å². The van der Waals surface area contributed by atoms with Crippen molar-refractivity contribution in [3.8, 4) is 27.7 Å². The molecule has 0 bridgehead atoms. The highest BCUT2D eigenvalue weighted by molar-refractivity contribution is 7.19. The Hall–Kier alpha value is -2.51. The third kappa shape index (κ3) is 2.51. The van der Waals surface area contributed by atoms with Crippen LogP contribution in [0.3, 0.4) is 0 Å². The molecule has 0 aliphatic rings. The normalized spacial score (nSPS) is 11.1. The Balaban J connectivity index is 1.88. The second-order valence-corrected chi connectivity index (χ2v) is 6.37. The molecule has 8 heteroatoms. The summed E-state index contributed by atoms with van der Waals surface area (Å²) in [6.07, 6.45) is 0. The van der Waals surface area contributed by atoms with Crippen LogP contribution in [-0.2, 0) is 0 Å². The minimum atomic E-state index is -0.337. The van der Waals surface area contributed by atoms with E-state index in [4.69, 9.17) is 16.3 Å². The lowest BCUT2D eigenvalue weighted by Gasteiger charge is -2.05. The topological polar surface area (TPSA) is 52.3 Å². The van der Waals surface area contributed by atoms with Gasteiger partial charge in [0.1, 0.15) is 11.6 Å². The van der Waals surface area contributed by atoms with Gasteiger partial charge < -0.3 is 4.74 Å². The molecule has 0 amide bonds. The summed E-state index contributed by atoms with van der Waals surface area (Å²) >= 11 is 7.44. The maximum atomic E-state index is 13.5. The molecular formula is C16H10ClFN4OS. The summed E-state index contributed by atoms with van der Waals surface area (Å²) in [5, 5.41) is 14.0. The molecule has 4 rings (SSSR count). The van der Waals surface area contributed by atoms with Crippen molar-refractivity contribution in [2.24, 2.45) is 0 Å². The monoisotopic (exact) mass is 360 g/mol. The Morgan fingerprint density at radius 2 is 2.04 bits per heavy atom. The number of fused-ring (bicyclic) bond motifs is 1. The van der Waals surface area contributed by atoms with E-state index in [0.29, 0.717) is 32.1 Å². The first-order chi connectivity index (χ1) is 11.7. The Morgan fingerprint density at radius 3 is 2.83 bits per heavy atom. The standard InChI is InChI=1S/C16H10ClFN4OS/c1-23-13-6-5-10(17)8-12(13)15-21-22-14(19-20-16(22)24-15)9-3-2-4-11(18)7-9/h2-8H,1H3. The van der Waals surface area contributed by atoms with E-state index in [0.717, 1.165) is 5.56 Å². The minimum Gasteiger partial charge on any atom is -0.496 e. The highest BCUT2D eigenvalue weighted by atomic mass is 35.5. The molecule has 2 heterocycles. The van der Waals surface area contributed by atoms with Crippen molar-refractivity contribution in [3.63, 3.8) is 0 Å². The van der Waals surface area contributed by atoms with Crippen molar-refractivity contribution in [1.29, 1.82) is 0 Å². The number of hydrogen-bond acceptors (Lipinski definition) is 5. The number of ether oxygens (including phenoxy) is 1. The van der Waals surface area contributed by atoms with Gasteiger partial charge >= 0.3 is 0 Å². The first-order valence-electron chi connectivity index (χ1n) is 6.98. The molecule has 0 spiro atoms. The van der Waals surface area contributed by atoms with Gasteiger partial charge in [0.2, 0.25) is 4.96 Å². The maximum absolute atomic E-state index is 13.5. The van der Waals surface area contributed by atoms with Gasteiger partial charge in [-0.25, -0.2) is 4.39 Å². The highest BCUT2D eigenvalue weighted by Gasteiger charge is 2.17. The molecule has 4 aromatic rings. The van der Waals surface area contributed by atoms with Gasteiger partial charge in [-0.15, -0.1) is 10.2 Å². The number of aromatic nitrogens is 4. The number of rotatable bonds is 3. The van der Waals surface area contributed by atoms with E-state index in [2.05, 4.69) is 15.3 Å². The molecule has 2 aromatic carbocycles. The Morgan fingerprint density at radius 1 is 1.17 bits per heavy atom. The summed E-state index contributed by atoms with van der Waals surface area (Å²) in [5.74, 6) is 0.806. The van der Waals surface area contributed by atoms with E-state index in [1.54, 1.807) is 42.0 Å². The number of hydrogen-bond donors (Lipinski definition) is 0. The second-order valence-electron chi connectivity index (χ2n) is 4.98. The van der Waals surface area contributed by atoms with Crippen molar-refractivity contribution >= 4 is 27.9 Å². The number of halogens is 2. The molecule has 0 saturated carbocycles. The van der Waals surface area contributed by atoms with E-state index in [1.807, 2.05) is 0 Å². The lowest BCUT2D eigenvalue weighted by molar-refractivity contribution is 0.416. The minimum absolute atomic E-state index is 0.337. The summed E-state index contributed by atoms with van der Waals surface area (Å²) in [6, 6.07) is 11.5. The van der Waals surface area contributed by atoms with Crippen LogP contribution >= 0.6 is 22.9 Å². The average molecular weight is 361 g/mol. The summed E-state index contributed by atoms with van der Waals surface area (Å²) in [7, 11) is 1.59. The zero-order chi connectivity index (χ0) is 16.7. The van der Waals surface area contributed by atoms with Crippen LogP contribution in [0.4, 0.5) is 4.39 Å². The molecule has 0 atom stereocenters. The summed E-state index contributed by atoms with van der Waals surface area (Å²) < 4.78 is 20.4. The van der Waals surface area contributed by atoms with Crippen molar-refractivity contribution in [3.05, 3.63) is 53.3 Å². The van der Waals surface area contributed by atoms with Crippen LogP contribution in [0.25, 0.3) is 26.9 Å². The van der Waals surface area contributed by atoms with Crippen molar-refractivity contribution in [2.45, 2.75) is 0 Å². The fraction of sp³-hybridized carbons (Fsp3) is 0.0625. The van der Waals surface area contributed by atoms with E-state index >= 15 is 0 Å². The summed E-state index contributed by atoms with van der Waals surface area (Å²) in [5.41, 5.74) is 1.38. The van der Waals surface area contributed by atoms with Gasteiger partial charge in [0.25, 0.3) is 0 Å². The molecule has 0 unspecified atom stereocenters. The van der Waals surface area contributed by atoms with Gasteiger partial charge in [-0.2, -0.15) is 9.61 Å². The van der Waals surface area contributed by atoms with Crippen LogP contribution in [0.2, 0.25) is 5.02 Å². The SMILES string of the molecule is COc1ccc(Cl)cc1-c1nn2c(-c3cccc(F)c3)nnc2s1. The van der Waals surface area contributed by atoms with Gasteiger partial charge in [0, 0.05) is 10.6 Å². The van der Waals surface area contributed by atoms with Crippen LogP contribution in [0.15, 0.2) is 42.5 Å². The molecule has 120 valence electrons. The number of benzene rings is 2. The van der Waals surface area contributed by atoms with Crippen LogP contribution in [0.5, 0.6) is 5.75 Å². The van der Waals surface area contributed by atoms with E-state index in [1.165, 1.54) is 23.5 Å². The lowest BCUT2D eigenvalue weighted by Crippen LogP contribution is -1.93. The molecular weight excluding hydrogens is 351 g/mol. The van der Waals surface area contributed by atoms with Crippen LogP contribution < -0.4 is 4.74 Å². The first-order valence-corrected chi connectivity index (χ1v) is 8.17. The smallest absolute Gasteiger partial charge is 0.235 e. The zero-order valence-corrected chi connectivity index (χ0v) is 14.0. The average Bonchev–Trinajstić information content (AvgIpc) is 3.15. The second kappa shape index (κ2) is 5.85. The van der Waals surface area contributed by atoms with Gasteiger partial charge in [0.05, 0.1) is 12.7 Å². The van der Waals surface area contributed by atoms with Crippen LogP contribution in [0, 0.1) is 5.82 Å². The third-order valence-electron chi connectivity index (χ3n) is 3.47. The van der Waals surface area contributed by atoms with E-state index < -0.39 is 0 Å². The lowest BCUT2D eigenvalue weighted by atomic mass is 10.2. The summed E-state index contributed by atoms with van der Waals surface area (Å²) in [6.45, 7) is 0. The number of methoxy groups -OCH3 is 1. The largest absolute Gasteiger partial charge is 0.496 e. The molecule has 0 radical (unpaired) electrons. The summed E-state index contributed by atoms with van der Waals surface area (Å²) in [4.78, 5) is 0.603. The quantitative estimate of drug-likeness (QED) is 0.546. The Kier molecular flexibility index (Phi) is 3.66. The van der Waals surface area contributed by atoms with E-state index in [9.17, 15) is 4.39 Å². The third-order valence-corrected chi connectivity index (χ3v) is 4.63.